The van der Waals surface area contributed by atoms with Gasteiger partial charge in [-0.2, -0.15) is 0 Å². The number of nitrogens with zero attached hydrogens (tertiary/aromatic N) is 1. The van der Waals surface area contributed by atoms with Crippen LogP contribution in [0.2, 0.25) is 0 Å². The lowest BCUT2D eigenvalue weighted by Gasteiger charge is -2.02. The number of hydrogen-bond acceptors (Lipinski definition) is 3. The zero-order valence-electron chi connectivity index (χ0n) is 6.87. The predicted molar refractivity (Wildman–Crippen MR) is 44.9 cm³/mol. The van der Waals surface area contributed by atoms with Crippen molar-refractivity contribution in [1.82, 2.24) is 0 Å². The Hall–Kier alpha value is -1.67. The summed E-state index contributed by atoms with van der Waals surface area (Å²) in [6, 6.07) is 5.78. The molecular formula is C9H8FNO2. The molecule has 0 aliphatic rings. The minimum Gasteiger partial charge on any atom is -0.492 e. The second kappa shape index (κ2) is 5.06. The average Bonchev–Trinajstić information content (AvgIpc) is 2.13. The fourth-order valence-electron chi connectivity index (χ4n) is 0.812. The maximum atomic E-state index is 12.6. The third-order valence-corrected chi connectivity index (χ3v) is 1.33. The lowest BCUT2D eigenvalue weighted by atomic mass is 10.3. The Balaban J connectivity index is 2.40. The van der Waals surface area contributed by atoms with Crippen molar-refractivity contribution in [1.29, 1.82) is 0 Å². The molecule has 0 heterocycles. The summed E-state index contributed by atoms with van der Waals surface area (Å²) >= 11 is 0. The number of rotatable bonds is 4. The first-order valence-electron chi connectivity index (χ1n) is 3.75. The Kier molecular flexibility index (Phi) is 3.67. The first-order chi connectivity index (χ1) is 6.33. The fraction of sp³-hybridized carbons (Fsp3) is 0.222. The number of benzene rings is 1. The van der Waals surface area contributed by atoms with Crippen LogP contribution in [-0.2, 0) is 4.79 Å². The third-order valence-electron chi connectivity index (χ3n) is 1.33. The molecule has 3 nitrogen and oxygen atoms in total. The quantitative estimate of drug-likeness (QED) is 0.401. The molecule has 0 aliphatic carbocycles. The summed E-state index contributed by atoms with van der Waals surface area (Å²) in [5.41, 5.74) is 0. The van der Waals surface area contributed by atoms with Crippen LogP contribution in [0.25, 0.3) is 0 Å². The van der Waals surface area contributed by atoms with Gasteiger partial charge in [-0.3, -0.25) is 0 Å². The molecule has 0 amide bonds. The monoisotopic (exact) mass is 181 g/mol. The largest absolute Gasteiger partial charge is 0.492 e. The van der Waals surface area contributed by atoms with Crippen LogP contribution in [0.15, 0.2) is 29.3 Å². The van der Waals surface area contributed by atoms with Crippen LogP contribution >= 0.6 is 0 Å². The van der Waals surface area contributed by atoms with E-state index in [1.165, 1.54) is 18.2 Å². The van der Waals surface area contributed by atoms with Gasteiger partial charge in [-0.25, -0.2) is 14.2 Å². The molecule has 4 heteroatoms. The van der Waals surface area contributed by atoms with Crippen molar-refractivity contribution in [2.24, 2.45) is 4.99 Å². The van der Waals surface area contributed by atoms with Gasteiger partial charge in [0.25, 0.3) is 0 Å². The summed E-state index contributed by atoms with van der Waals surface area (Å²) in [6.45, 7) is 0.485. The minimum atomic E-state index is -0.351. The molecule has 0 spiro atoms. The topological polar surface area (TPSA) is 38.7 Å². The number of carbonyl (C=O) groups excluding carboxylic acids is 1. The van der Waals surface area contributed by atoms with E-state index in [0.29, 0.717) is 5.75 Å². The highest BCUT2D eigenvalue weighted by molar-refractivity contribution is 5.32. The van der Waals surface area contributed by atoms with Crippen LogP contribution in [0.4, 0.5) is 4.39 Å². The maximum absolute atomic E-state index is 12.6. The zero-order valence-corrected chi connectivity index (χ0v) is 6.87. The number of ether oxygens (including phenoxy) is 1. The molecule has 1 aromatic rings. The van der Waals surface area contributed by atoms with Crippen LogP contribution in [0.3, 0.4) is 0 Å². The highest BCUT2D eigenvalue weighted by atomic mass is 19.1. The Morgan fingerprint density at radius 3 is 3.08 bits per heavy atom. The zero-order chi connectivity index (χ0) is 9.52. The van der Waals surface area contributed by atoms with Crippen LogP contribution in [0.1, 0.15) is 0 Å². The molecular weight excluding hydrogens is 173 g/mol. The second-order valence-electron chi connectivity index (χ2n) is 2.28. The van der Waals surface area contributed by atoms with Crippen molar-refractivity contribution >= 4 is 6.08 Å². The van der Waals surface area contributed by atoms with E-state index in [0.717, 1.165) is 0 Å². The van der Waals surface area contributed by atoms with E-state index in [4.69, 9.17) is 4.74 Å². The van der Waals surface area contributed by atoms with E-state index in [-0.39, 0.29) is 19.0 Å². The Morgan fingerprint density at radius 1 is 1.54 bits per heavy atom. The number of isocyanates is 1. The molecule has 0 aromatic heterocycles. The van der Waals surface area contributed by atoms with E-state index in [9.17, 15) is 9.18 Å². The number of halogens is 1. The van der Waals surface area contributed by atoms with Crippen LogP contribution in [0.5, 0.6) is 5.75 Å². The maximum Gasteiger partial charge on any atom is 0.235 e. The van der Waals surface area contributed by atoms with Crippen molar-refractivity contribution in [3.8, 4) is 5.75 Å². The number of hydrogen-bond donors (Lipinski definition) is 0. The molecule has 0 atom stereocenters. The Morgan fingerprint density at radius 2 is 2.38 bits per heavy atom. The van der Waals surface area contributed by atoms with Gasteiger partial charge in [-0.1, -0.05) is 6.07 Å². The highest BCUT2D eigenvalue weighted by Crippen LogP contribution is 2.11. The predicted octanol–water partition coefficient (Wildman–Crippen LogP) is 1.54. The molecule has 0 saturated heterocycles. The number of aliphatic imine (C=N–C) groups is 1. The van der Waals surface area contributed by atoms with E-state index < -0.39 is 0 Å². The van der Waals surface area contributed by atoms with Gasteiger partial charge in [0.15, 0.2) is 0 Å². The van der Waals surface area contributed by atoms with Crippen LogP contribution in [0, 0.1) is 5.82 Å². The van der Waals surface area contributed by atoms with E-state index in [2.05, 4.69) is 4.99 Å². The van der Waals surface area contributed by atoms with E-state index in [1.807, 2.05) is 0 Å². The smallest absolute Gasteiger partial charge is 0.235 e. The standard InChI is InChI=1S/C9H8FNO2/c10-8-2-1-3-9(6-8)13-5-4-11-7-12/h1-3,6H,4-5H2. The molecule has 0 fully saturated rings. The summed E-state index contributed by atoms with van der Waals surface area (Å²) < 4.78 is 17.7. The summed E-state index contributed by atoms with van der Waals surface area (Å²) in [5, 5.41) is 0. The minimum absolute atomic E-state index is 0.236. The summed E-state index contributed by atoms with van der Waals surface area (Å²) in [6.07, 6.45) is 1.39. The van der Waals surface area contributed by atoms with Gasteiger partial charge in [0.2, 0.25) is 6.08 Å². The Labute approximate surface area is 74.9 Å². The van der Waals surface area contributed by atoms with Gasteiger partial charge >= 0.3 is 0 Å². The first-order valence-corrected chi connectivity index (χ1v) is 3.75. The lowest BCUT2D eigenvalue weighted by Crippen LogP contribution is -2.00. The normalized spacial score (nSPS) is 9.00. The second-order valence-corrected chi connectivity index (χ2v) is 2.28. The highest BCUT2D eigenvalue weighted by Gasteiger charge is 1.94. The first kappa shape index (κ1) is 9.42. The molecule has 0 bridgehead atoms. The SMILES string of the molecule is O=C=NCCOc1cccc(F)c1. The van der Waals surface area contributed by atoms with E-state index in [1.54, 1.807) is 12.1 Å². The average molecular weight is 181 g/mol. The molecule has 0 unspecified atom stereocenters. The van der Waals surface area contributed by atoms with Crippen molar-refractivity contribution in [2.75, 3.05) is 13.2 Å². The van der Waals surface area contributed by atoms with Gasteiger partial charge in [0, 0.05) is 6.07 Å². The van der Waals surface area contributed by atoms with Crippen LogP contribution in [-0.4, -0.2) is 19.2 Å². The fourth-order valence-corrected chi connectivity index (χ4v) is 0.812. The van der Waals surface area contributed by atoms with Crippen molar-refractivity contribution in [2.45, 2.75) is 0 Å². The van der Waals surface area contributed by atoms with Gasteiger partial charge in [-0.15, -0.1) is 0 Å². The summed E-state index contributed by atoms with van der Waals surface area (Å²) in [7, 11) is 0. The molecule has 13 heavy (non-hydrogen) atoms. The summed E-state index contributed by atoms with van der Waals surface area (Å²) in [4.78, 5) is 12.9. The molecule has 0 radical (unpaired) electrons. The molecule has 0 aliphatic heterocycles. The van der Waals surface area contributed by atoms with Gasteiger partial charge in [0.05, 0.1) is 6.54 Å². The van der Waals surface area contributed by atoms with E-state index >= 15 is 0 Å². The lowest BCUT2D eigenvalue weighted by molar-refractivity contribution is 0.326. The van der Waals surface area contributed by atoms with Crippen LogP contribution < -0.4 is 4.74 Å². The molecule has 68 valence electrons. The summed E-state index contributed by atoms with van der Waals surface area (Å²) in [5.74, 6) is 0.0810. The third kappa shape index (κ3) is 3.49. The molecule has 0 saturated carbocycles. The van der Waals surface area contributed by atoms with Gasteiger partial charge < -0.3 is 4.74 Å². The Bertz CT molecular complexity index is 321. The molecule has 1 aromatic carbocycles. The molecule has 1 rings (SSSR count). The van der Waals surface area contributed by atoms with Crippen molar-refractivity contribution in [3.05, 3.63) is 30.1 Å². The van der Waals surface area contributed by atoms with Gasteiger partial charge in [-0.05, 0) is 12.1 Å². The molecule has 0 N–H and O–H groups in total. The van der Waals surface area contributed by atoms with Crippen molar-refractivity contribution in [3.63, 3.8) is 0 Å². The van der Waals surface area contributed by atoms with Crippen molar-refractivity contribution < 1.29 is 13.9 Å². The van der Waals surface area contributed by atoms with Gasteiger partial charge in [0.1, 0.15) is 18.2 Å².